The van der Waals surface area contributed by atoms with Gasteiger partial charge in [-0.1, -0.05) is 11.8 Å². The zero-order valence-electron chi connectivity index (χ0n) is 15.9. The average molecular weight is 378 g/mol. The van der Waals surface area contributed by atoms with Crippen LogP contribution in [-0.2, 0) is 22.6 Å². The van der Waals surface area contributed by atoms with Crippen LogP contribution >= 0.6 is 11.8 Å². The summed E-state index contributed by atoms with van der Waals surface area (Å²) in [5, 5.41) is 0.884. The standard InChI is InChI=1S/C19H27N3O3S/c1-13-5-8-17(25-13)11-22(16-6-7-16)18(23)12-26-19-20-14(2)15(3)21(19)9-10-24-4/h5,8,16H,6-7,9-12H2,1-4H3. The fraction of sp³-hybridized carbons (Fsp3) is 0.579. The number of aryl methyl sites for hydroxylation is 2. The molecule has 0 aliphatic heterocycles. The number of carbonyl (C=O) groups is 1. The van der Waals surface area contributed by atoms with Crippen LogP contribution in [0, 0.1) is 20.8 Å². The van der Waals surface area contributed by atoms with Gasteiger partial charge in [-0.3, -0.25) is 4.79 Å². The molecular formula is C19H27N3O3S. The molecule has 1 saturated carbocycles. The van der Waals surface area contributed by atoms with Gasteiger partial charge in [0.25, 0.3) is 0 Å². The van der Waals surface area contributed by atoms with Crippen LogP contribution in [0.2, 0.25) is 0 Å². The number of amides is 1. The number of methoxy groups -OCH3 is 1. The van der Waals surface area contributed by atoms with E-state index < -0.39 is 0 Å². The third-order valence-electron chi connectivity index (χ3n) is 4.70. The summed E-state index contributed by atoms with van der Waals surface area (Å²) in [7, 11) is 1.69. The molecule has 0 aromatic carbocycles. The number of thioether (sulfide) groups is 1. The third-order valence-corrected chi connectivity index (χ3v) is 5.66. The van der Waals surface area contributed by atoms with Gasteiger partial charge < -0.3 is 18.6 Å². The van der Waals surface area contributed by atoms with E-state index in [1.54, 1.807) is 7.11 Å². The van der Waals surface area contributed by atoms with Gasteiger partial charge >= 0.3 is 0 Å². The Labute approximate surface area is 158 Å². The summed E-state index contributed by atoms with van der Waals surface area (Å²) in [4.78, 5) is 19.4. The molecular weight excluding hydrogens is 350 g/mol. The van der Waals surface area contributed by atoms with Crippen molar-refractivity contribution in [2.24, 2.45) is 0 Å². The summed E-state index contributed by atoms with van der Waals surface area (Å²) in [6.45, 7) is 7.91. The largest absolute Gasteiger partial charge is 0.464 e. The number of aromatic nitrogens is 2. The molecule has 2 heterocycles. The lowest BCUT2D eigenvalue weighted by atomic mass is 10.3. The van der Waals surface area contributed by atoms with Crippen molar-refractivity contribution in [2.75, 3.05) is 19.5 Å². The summed E-state index contributed by atoms with van der Waals surface area (Å²) >= 11 is 1.50. The molecule has 3 rings (SSSR count). The zero-order chi connectivity index (χ0) is 18.7. The monoisotopic (exact) mass is 377 g/mol. The van der Waals surface area contributed by atoms with Crippen LogP contribution in [0.15, 0.2) is 21.7 Å². The second-order valence-electron chi connectivity index (χ2n) is 6.76. The van der Waals surface area contributed by atoms with Crippen LogP contribution in [-0.4, -0.2) is 45.9 Å². The van der Waals surface area contributed by atoms with E-state index in [1.165, 1.54) is 11.8 Å². The third kappa shape index (κ3) is 4.51. The molecule has 1 aliphatic rings. The van der Waals surface area contributed by atoms with Gasteiger partial charge in [0.1, 0.15) is 11.5 Å². The van der Waals surface area contributed by atoms with Crippen molar-refractivity contribution in [3.8, 4) is 0 Å². The Morgan fingerprint density at radius 3 is 2.77 bits per heavy atom. The Morgan fingerprint density at radius 1 is 1.38 bits per heavy atom. The number of furan rings is 1. The fourth-order valence-electron chi connectivity index (χ4n) is 2.93. The molecule has 0 radical (unpaired) electrons. The molecule has 7 heteroatoms. The Morgan fingerprint density at radius 2 is 2.15 bits per heavy atom. The molecule has 0 bridgehead atoms. The first-order valence-electron chi connectivity index (χ1n) is 9.00. The Kier molecular flexibility index (Phi) is 6.09. The topological polar surface area (TPSA) is 60.5 Å². The number of carbonyl (C=O) groups excluding carboxylic acids is 1. The van der Waals surface area contributed by atoms with Crippen LogP contribution in [0.3, 0.4) is 0 Å². The molecule has 0 saturated heterocycles. The van der Waals surface area contributed by atoms with E-state index in [1.807, 2.05) is 30.9 Å². The smallest absolute Gasteiger partial charge is 0.233 e. The molecule has 6 nitrogen and oxygen atoms in total. The van der Waals surface area contributed by atoms with Gasteiger partial charge in [0.2, 0.25) is 5.91 Å². The molecule has 0 N–H and O–H groups in total. The van der Waals surface area contributed by atoms with Crippen molar-refractivity contribution < 1.29 is 13.9 Å². The molecule has 2 aromatic rings. The molecule has 142 valence electrons. The lowest BCUT2D eigenvalue weighted by Gasteiger charge is -2.21. The van der Waals surface area contributed by atoms with E-state index in [-0.39, 0.29) is 5.91 Å². The minimum atomic E-state index is 0.142. The van der Waals surface area contributed by atoms with Gasteiger partial charge in [0, 0.05) is 25.4 Å². The maximum Gasteiger partial charge on any atom is 0.233 e. The van der Waals surface area contributed by atoms with Crippen molar-refractivity contribution in [2.45, 2.75) is 57.9 Å². The summed E-state index contributed by atoms with van der Waals surface area (Å²) < 4.78 is 13.0. The summed E-state index contributed by atoms with van der Waals surface area (Å²) in [6.07, 6.45) is 2.16. The SMILES string of the molecule is COCCn1c(SCC(=O)N(Cc2ccc(C)o2)C2CC2)nc(C)c1C. The highest BCUT2D eigenvalue weighted by atomic mass is 32.2. The molecule has 1 fully saturated rings. The maximum atomic E-state index is 12.8. The number of hydrogen-bond acceptors (Lipinski definition) is 5. The Bertz CT molecular complexity index is 764. The van der Waals surface area contributed by atoms with Crippen molar-refractivity contribution in [3.05, 3.63) is 35.0 Å². The zero-order valence-corrected chi connectivity index (χ0v) is 16.8. The van der Waals surface area contributed by atoms with Gasteiger partial charge in [-0.25, -0.2) is 4.98 Å². The summed E-state index contributed by atoms with van der Waals surface area (Å²) in [6, 6.07) is 4.25. The molecule has 1 aliphatic carbocycles. The molecule has 2 aromatic heterocycles. The maximum absolute atomic E-state index is 12.8. The van der Waals surface area contributed by atoms with Crippen molar-refractivity contribution in [3.63, 3.8) is 0 Å². The molecule has 0 atom stereocenters. The lowest BCUT2D eigenvalue weighted by Crippen LogP contribution is -2.33. The van der Waals surface area contributed by atoms with E-state index >= 15 is 0 Å². The first-order valence-corrected chi connectivity index (χ1v) is 9.98. The van der Waals surface area contributed by atoms with E-state index in [9.17, 15) is 4.79 Å². The average Bonchev–Trinajstić information content (AvgIpc) is 3.32. The number of rotatable bonds is 9. The first kappa shape index (κ1) is 19.0. The summed E-state index contributed by atoms with van der Waals surface area (Å²) in [5.74, 6) is 2.26. The van der Waals surface area contributed by atoms with Gasteiger partial charge in [-0.2, -0.15) is 0 Å². The lowest BCUT2D eigenvalue weighted by molar-refractivity contribution is -0.129. The molecule has 26 heavy (non-hydrogen) atoms. The van der Waals surface area contributed by atoms with Gasteiger partial charge in [-0.05, 0) is 45.7 Å². The van der Waals surface area contributed by atoms with Crippen molar-refractivity contribution in [1.29, 1.82) is 0 Å². The predicted octanol–water partition coefficient (Wildman–Crippen LogP) is 3.33. The van der Waals surface area contributed by atoms with E-state index in [4.69, 9.17) is 9.15 Å². The van der Waals surface area contributed by atoms with Crippen LogP contribution in [0.4, 0.5) is 0 Å². The van der Waals surface area contributed by atoms with Crippen LogP contribution < -0.4 is 0 Å². The van der Waals surface area contributed by atoms with E-state index in [2.05, 4.69) is 16.5 Å². The minimum absolute atomic E-state index is 0.142. The van der Waals surface area contributed by atoms with Crippen molar-refractivity contribution >= 4 is 17.7 Å². The summed E-state index contributed by atoms with van der Waals surface area (Å²) in [5.41, 5.74) is 2.13. The normalized spacial score (nSPS) is 14.0. The highest BCUT2D eigenvalue weighted by molar-refractivity contribution is 7.99. The van der Waals surface area contributed by atoms with Crippen LogP contribution in [0.5, 0.6) is 0 Å². The van der Waals surface area contributed by atoms with Crippen LogP contribution in [0.25, 0.3) is 0 Å². The van der Waals surface area contributed by atoms with Gasteiger partial charge in [0.05, 0.1) is 24.6 Å². The number of nitrogens with zero attached hydrogens (tertiary/aromatic N) is 3. The second-order valence-corrected chi connectivity index (χ2v) is 7.71. The fourth-order valence-corrected chi connectivity index (χ4v) is 3.94. The predicted molar refractivity (Wildman–Crippen MR) is 101 cm³/mol. The Hall–Kier alpha value is -1.73. The molecule has 1 amide bonds. The molecule has 0 spiro atoms. The number of imidazole rings is 1. The van der Waals surface area contributed by atoms with Gasteiger partial charge in [-0.15, -0.1) is 0 Å². The highest BCUT2D eigenvalue weighted by Crippen LogP contribution is 2.30. The minimum Gasteiger partial charge on any atom is -0.464 e. The highest BCUT2D eigenvalue weighted by Gasteiger charge is 2.33. The first-order chi connectivity index (χ1) is 12.5. The van der Waals surface area contributed by atoms with Gasteiger partial charge in [0.15, 0.2) is 5.16 Å². The second kappa shape index (κ2) is 8.31. The molecule has 0 unspecified atom stereocenters. The van der Waals surface area contributed by atoms with E-state index in [0.717, 1.165) is 47.5 Å². The van der Waals surface area contributed by atoms with Crippen LogP contribution in [0.1, 0.15) is 35.7 Å². The number of hydrogen-bond donors (Lipinski definition) is 0. The van der Waals surface area contributed by atoms with E-state index in [0.29, 0.717) is 24.9 Å². The Balaban J connectivity index is 1.64. The number of ether oxygens (including phenoxy) is 1. The van der Waals surface area contributed by atoms with Crippen molar-refractivity contribution in [1.82, 2.24) is 14.5 Å². The quantitative estimate of drug-likeness (QED) is 0.627.